The summed E-state index contributed by atoms with van der Waals surface area (Å²) in [4.78, 5) is 14.8. The van der Waals surface area contributed by atoms with E-state index in [9.17, 15) is 0 Å². The minimum atomic E-state index is -0.618. The van der Waals surface area contributed by atoms with Crippen LogP contribution in [-0.2, 0) is 0 Å². The van der Waals surface area contributed by atoms with Crippen molar-refractivity contribution in [1.29, 1.82) is 0 Å². The Bertz CT molecular complexity index is 3490. The molecule has 55 heavy (non-hydrogen) atoms. The lowest BCUT2D eigenvalue weighted by atomic mass is 9.79. The number of hydrogen-bond donors (Lipinski definition) is 0. The van der Waals surface area contributed by atoms with Gasteiger partial charge in [0.15, 0.2) is 17.5 Å². The summed E-state index contributed by atoms with van der Waals surface area (Å²) in [6.07, 6.45) is 0. The maximum atomic E-state index is 9.06. The van der Waals surface area contributed by atoms with Gasteiger partial charge in [-0.25, -0.2) is 15.0 Å². The minimum absolute atomic E-state index is 0.0292. The third-order valence-corrected chi connectivity index (χ3v) is 10.2. The van der Waals surface area contributed by atoms with Crippen molar-refractivity contribution in [3.63, 3.8) is 0 Å². The van der Waals surface area contributed by atoms with Crippen LogP contribution in [0.4, 0.5) is 0 Å². The van der Waals surface area contributed by atoms with Crippen LogP contribution < -0.4 is 0 Å². The number of nitrogens with zero attached hydrogens (tertiary/aromatic N) is 4. The normalized spacial score (nSPS) is 14.2. The average molecular weight is 711 g/mol. The van der Waals surface area contributed by atoms with Crippen LogP contribution in [0.25, 0.3) is 106 Å². The zero-order valence-corrected chi connectivity index (χ0v) is 29.0. The Kier molecular flexibility index (Phi) is 5.18. The van der Waals surface area contributed by atoms with Crippen LogP contribution in [0.5, 0.6) is 0 Å². The van der Waals surface area contributed by atoms with Gasteiger partial charge >= 0.3 is 0 Å². The molecule has 0 amide bonds. The second-order valence-electron chi connectivity index (χ2n) is 13.2. The second kappa shape index (κ2) is 12.6. The van der Waals surface area contributed by atoms with Gasteiger partial charge in [0.25, 0.3) is 0 Å². The summed E-state index contributed by atoms with van der Waals surface area (Å²) in [5.41, 5.74) is 9.25. The first-order valence-corrected chi connectivity index (χ1v) is 17.8. The van der Waals surface area contributed by atoms with E-state index in [1.165, 1.54) is 0 Å². The van der Waals surface area contributed by atoms with E-state index in [2.05, 4.69) is 58.1 Å². The van der Waals surface area contributed by atoms with Crippen LogP contribution in [0, 0.1) is 0 Å². The van der Waals surface area contributed by atoms with Crippen LogP contribution in [0.3, 0.4) is 0 Å². The Labute approximate surface area is 332 Å². The van der Waals surface area contributed by atoms with Crippen molar-refractivity contribution in [3.05, 3.63) is 194 Å². The van der Waals surface area contributed by atoms with Crippen molar-refractivity contribution in [3.8, 4) is 84.4 Å². The predicted octanol–water partition coefficient (Wildman–Crippen LogP) is 13.0. The summed E-state index contributed by atoms with van der Waals surface area (Å²) in [7, 11) is 0. The Morgan fingerprint density at radius 2 is 0.745 bits per heavy atom. The van der Waals surface area contributed by atoms with Gasteiger partial charge in [-0.05, 0) is 57.1 Å². The molecule has 0 atom stereocenters. The summed E-state index contributed by atoms with van der Waals surface area (Å²) >= 11 is 0. The number of aromatic nitrogens is 4. The molecule has 0 aliphatic heterocycles. The number of hydrogen-bond acceptors (Lipinski definition) is 3. The average Bonchev–Trinajstić information content (AvgIpc) is 3.67. The summed E-state index contributed by atoms with van der Waals surface area (Å²) in [6.45, 7) is 0. The van der Waals surface area contributed by atoms with Gasteiger partial charge in [-0.3, -0.25) is 0 Å². The van der Waals surface area contributed by atoms with Gasteiger partial charge in [0.1, 0.15) is 0 Å². The monoisotopic (exact) mass is 710 g/mol. The van der Waals surface area contributed by atoms with Gasteiger partial charge in [-0.1, -0.05) is 176 Å². The Morgan fingerprint density at radius 1 is 0.345 bits per heavy atom. The molecule has 0 saturated carbocycles. The molecule has 0 N–H and O–H groups in total. The van der Waals surface area contributed by atoms with Crippen LogP contribution in [0.1, 0.15) is 13.7 Å². The molecule has 8 aromatic carbocycles. The third kappa shape index (κ3) is 4.96. The molecule has 4 heteroatoms. The first-order chi connectivity index (χ1) is 31.5. The van der Waals surface area contributed by atoms with Crippen molar-refractivity contribution in [2.45, 2.75) is 0 Å². The van der Waals surface area contributed by atoms with E-state index < -0.39 is 60.4 Å². The van der Waals surface area contributed by atoms with Crippen molar-refractivity contribution >= 4 is 21.8 Å². The quantitative estimate of drug-likeness (QED) is 0.183. The van der Waals surface area contributed by atoms with Crippen molar-refractivity contribution < 1.29 is 13.7 Å². The largest absolute Gasteiger partial charge is 0.308 e. The minimum Gasteiger partial charge on any atom is -0.308 e. The molecular weight excluding hydrogens is 669 g/mol. The number of benzene rings is 8. The van der Waals surface area contributed by atoms with Crippen LogP contribution in [-0.4, -0.2) is 19.5 Å². The Morgan fingerprint density at radius 3 is 1.25 bits per heavy atom. The summed E-state index contributed by atoms with van der Waals surface area (Å²) in [6, 6.07) is 38.5. The van der Waals surface area contributed by atoms with Crippen LogP contribution in [0.2, 0.25) is 0 Å². The highest BCUT2D eigenvalue weighted by Crippen LogP contribution is 2.52. The van der Waals surface area contributed by atoms with Gasteiger partial charge in [-0.2, -0.15) is 0 Å². The fourth-order valence-corrected chi connectivity index (χ4v) is 7.97. The lowest BCUT2D eigenvalue weighted by Crippen LogP contribution is -2.07. The van der Waals surface area contributed by atoms with Crippen LogP contribution in [0.15, 0.2) is 194 Å². The van der Waals surface area contributed by atoms with E-state index in [1.54, 1.807) is 0 Å². The molecule has 0 saturated heterocycles. The van der Waals surface area contributed by atoms with Gasteiger partial charge < -0.3 is 4.57 Å². The molecule has 2 heterocycles. The third-order valence-electron chi connectivity index (χ3n) is 10.2. The van der Waals surface area contributed by atoms with Gasteiger partial charge in [-0.15, -0.1) is 0 Å². The molecule has 0 unspecified atom stereocenters. The van der Waals surface area contributed by atoms with Gasteiger partial charge in [0.2, 0.25) is 0 Å². The fourth-order valence-electron chi connectivity index (χ4n) is 7.97. The zero-order chi connectivity index (χ0) is 45.0. The molecule has 0 radical (unpaired) electrons. The maximum absolute atomic E-state index is 9.06. The highest BCUT2D eigenvalue weighted by atomic mass is 15.1. The molecule has 256 valence electrons. The SMILES string of the molecule is [2H]c1c([2H])c([2H])c(-c2nc(-c3c([2H])c([2H])c([2H])c([2H])c3[2H])nc(-c3c(-n4c5ccccc5c5ccccc54)ccc4c3-c3ccccc3-c3ccccc3-c3ccccc3-4)n2)c([2H])c1[2H]. The standard InChI is InChI=1S/C51H32N4/c1-3-17-33(18-4-1)49-52-50(34-19-5-2-6-20-34)54-51(53-49)48-46(55-44-29-15-13-26-40(44)41-27-14-16-30-45(41)55)32-31-43-39-25-10-9-23-37(39)35-21-7-8-22-36(35)38-24-11-12-28-42(38)47(43)48/h1-32H/i1D,2D,3D,4D,5D,6D,17D,18D,19D,20D. The molecule has 1 aliphatic rings. The Balaban J connectivity index is 1.38. The summed E-state index contributed by atoms with van der Waals surface area (Å²) in [5.74, 6) is -0.715. The maximum Gasteiger partial charge on any atom is 0.166 e. The summed E-state index contributed by atoms with van der Waals surface area (Å²) in [5, 5.41) is 1.96. The highest BCUT2D eigenvalue weighted by Gasteiger charge is 2.29. The molecule has 0 fully saturated rings. The molecule has 4 nitrogen and oxygen atoms in total. The smallest absolute Gasteiger partial charge is 0.166 e. The number of rotatable bonds is 4. The highest BCUT2D eigenvalue weighted by molar-refractivity contribution is 6.12. The van der Waals surface area contributed by atoms with Crippen molar-refractivity contribution in [2.24, 2.45) is 0 Å². The molecule has 0 spiro atoms. The zero-order valence-electron chi connectivity index (χ0n) is 39.0. The van der Waals surface area contributed by atoms with E-state index >= 15 is 0 Å². The molecular formula is C51H32N4. The van der Waals surface area contributed by atoms with Crippen molar-refractivity contribution in [2.75, 3.05) is 0 Å². The van der Waals surface area contributed by atoms with E-state index in [0.29, 0.717) is 16.8 Å². The molecule has 2 aromatic heterocycles. The number of fused-ring (bicyclic) bond motifs is 11. The molecule has 0 bridgehead atoms. The second-order valence-corrected chi connectivity index (χ2v) is 13.2. The molecule has 11 rings (SSSR count). The topological polar surface area (TPSA) is 43.6 Å². The Hall–Kier alpha value is -7.43. The van der Waals surface area contributed by atoms with E-state index in [-0.39, 0.29) is 28.6 Å². The lowest BCUT2D eigenvalue weighted by Gasteiger charge is -2.26. The van der Waals surface area contributed by atoms with E-state index in [0.717, 1.165) is 60.8 Å². The fraction of sp³-hybridized carbons (Fsp3) is 0. The van der Waals surface area contributed by atoms with E-state index in [1.807, 2.05) is 84.9 Å². The lowest BCUT2D eigenvalue weighted by molar-refractivity contribution is 1.06. The van der Waals surface area contributed by atoms with E-state index in [4.69, 9.17) is 23.7 Å². The first kappa shape index (κ1) is 22.6. The molecule has 1 aliphatic carbocycles. The van der Waals surface area contributed by atoms with Gasteiger partial charge in [0, 0.05) is 27.5 Å². The van der Waals surface area contributed by atoms with Crippen molar-refractivity contribution in [1.82, 2.24) is 19.5 Å². The summed E-state index contributed by atoms with van der Waals surface area (Å²) < 4.78 is 89.6. The molecule has 10 aromatic rings. The first-order valence-electron chi connectivity index (χ1n) is 22.8. The number of para-hydroxylation sites is 2. The predicted molar refractivity (Wildman–Crippen MR) is 226 cm³/mol. The van der Waals surface area contributed by atoms with Crippen LogP contribution >= 0.6 is 0 Å². The van der Waals surface area contributed by atoms with Gasteiger partial charge in [0.05, 0.1) is 36.0 Å².